The summed E-state index contributed by atoms with van der Waals surface area (Å²) in [7, 11) is 0. The van der Waals surface area contributed by atoms with Gasteiger partial charge in [-0.1, -0.05) is 72.8 Å². The summed E-state index contributed by atoms with van der Waals surface area (Å²) in [5.74, 6) is 0.719. The molecule has 3 aromatic carbocycles. The van der Waals surface area contributed by atoms with Gasteiger partial charge < -0.3 is 4.74 Å². The van der Waals surface area contributed by atoms with Gasteiger partial charge in [0.05, 0.1) is 11.2 Å². The lowest BCUT2D eigenvalue weighted by atomic mass is 10.1. The minimum Gasteiger partial charge on any atom is -0.487 e. The van der Waals surface area contributed by atoms with Gasteiger partial charge in [0.1, 0.15) is 12.4 Å². The predicted octanol–water partition coefficient (Wildman–Crippen LogP) is 5.71. The van der Waals surface area contributed by atoms with E-state index in [2.05, 4.69) is 11.1 Å². The number of benzene rings is 3. The zero-order valence-electron chi connectivity index (χ0n) is 15.3. The first-order valence-corrected chi connectivity index (χ1v) is 9.13. The fraction of sp³-hybridized carbons (Fsp3) is 0.0400. The summed E-state index contributed by atoms with van der Waals surface area (Å²) in [6.07, 6.45) is 3.38. The van der Waals surface area contributed by atoms with Crippen molar-refractivity contribution in [3.63, 3.8) is 0 Å². The van der Waals surface area contributed by atoms with Crippen molar-refractivity contribution in [2.24, 2.45) is 0 Å². The van der Waals surface area contributed by atoms with Crippen LogP contribution in [0.5, 0.6) is 5.75 Å². The van der Waals surface area contributed by atoms with Gasteiger partial charge in [-0.3, -0.25) is 4.79 Å². The first kappa shape index (κ1) is 17.7. The van der Waals surface area contributed by atoms with Gasteiger partial charge >= 0.3 is 0 Å². The fourth-order valence-electron chi connectivity index (χ4n) is 2.92. The third-order valence-corrected chi connectivity index (χ3v) is 4.39. The molecule has 0 saturated heterocycles. The van der Waals surface area contributed by atoms with Crippen molar-refractivity contribution in [2.45, 2.75) is 6.61 Å². The quantitative estimate of drug-likeness (QED) is 0.324. The summed E-state index contributed by atoms with van der Waals surface area (Å²) in [6, 6.07) is 28.9. The van der Waals surface area contributed by atoms with Crippen molar-refractivity contribution in [1.29, 1.82) is 0 Å². The van der Waals surface area contributed by atoms with E-state index in [-0.39, 0.29) is 5.78 Å². The molecule has 0 radical (unpaired) electrons. The molecule has 0 spiro atoms. The normalized spacial score (nSPS) is 11.0. The lowest BCUT2D eigenvalue weighted by molar-refractivity contribution is 0.104. The third kappa shape index (κ3) is 4.33. The Bertz CT molecular complexity index is 1130. The number of pyridine rings is 1. The van der Waals surface area contributed by atoms with Crippen LogP contribution in [0.3, 0.4) is 0 Å². The van der Waals surface area contributed by atoms with E-state index in [1.165, 1.54) is 0 Å². The molecule has 0 fully saturated rings. The molecule has 0 atom stereocenters. The van der Waals surface area contributed by atoms with Crippen LogP contribution in [0.1, 0.15) is 21.6 Å². The average molecular weight is 365 g/mol. The van der Waals surface area contributed by atoms with Crippen LogP contribution >= 0.6 is 0 Å². The third-order valence-electron chi connectivity index (χ3n) is 4.39. The van der Waals surface area contributed by atoms with E-state index in [9.17, 15) is 4.79 Å². The van der Waals surface area contributed by atoms with E-state index in [1.807, 2.05) is 84.9 Å². The van der Waals surface area contributed by atoms with Crippen molar-refractivity contribution in [1.82, 2.24) is 4.98 Å². The van der Waals surface area contributed by atoms with Crippen molar-refractivity contribution >= 4 is 22.8 Å². The zero-order chi connectivity index (χ0) is 19.2. The molecule has 1 heterocycles. The van der Waals surface area contributed by atoms with E-state index in [0.717, 1.165) is 27.9 Å². The van der Waals surface area contributed by atoms with Gasteiger partial charge in [-0.15, -0.1) is 0 Å². The number of allylic oxidation sites excluding steroid dienone is 1. The molecule has 136 valence electrons. The fourth-order valence-corrected chi connectivity index (χ4v) is 2.92. The van der Waals surface area contributed by atoms with Gasteiger partial charge in [0, 0.05) is 10.9 Å². The summed E-state index contributed by atoms with van der Waals surface area (Å²) in [6.45, 7) is 0.390. The van der Waals surface area contributed by atoms with Crippen molar-refractivity contribution in [2.75, 3.05) is 0 Å². The average Bonchev–Trinajstić information content (AvgIpc) is 2.77. The van der Waals surface area contributed by atoms with Gasteiger partial charge in [0.2, 0.25) is 0 Å². The smallest absolute Gasteiger partial charge is 0.185 e. The number of aromatic nitrogens is 1. The maximum absolute atomic E-state index is 12.2. The number of ether oxygens (including phenoxy) is 1. The number of carbonyl (C=O) groups excluding carboxylic acids is 1. The second-order valence-corrected chi connectivity index (χ2v) is 6.42. The highest BCUT2D eigenvalue weighted by Gasteiger charge is 2.02. The number of ketones is 1. The lowest BCUT2D eigenvalue weighted by Crippen LogP contribution is -1.98. The Labute approximate surface area is 163 Å². The molecule has 0 amide bonds. The molecule has 1 aromatic heterocycles. The molecule has 4 aromatic rings. The number of carbonyl (C=O) groups is 1. The Balaban J connectivity index is 1.43. The highest BCUT2D eigenvalue weighted by Crippen LogP contribution is 2.18. The van der Waals surface area contributed by atoms with E-state index in [4.69, 9.17) is 4.74 Å². The molecule has 3 nitrogen and oxygen atoms in total. The number of fused-ring (bicyclic) bond motifs is 1. The second-order valence-electron chi connectivity index (χ2n) is 6.42. The van der Waals surface area contributed by atoms with Crippen LogP contribution in [0, 0.1) is 0 Å². The topological polar surface area (TPSA) is 39.2 Å². The first-order valence-electron chi connectivity index (χ1n) is 9.13. The Morgan fingerprint density at radius 1 is 0.857 bits per heavy atom. The molecule has 0 aliphatic rings. The van der Waals surface area contributed by atoms with Crippen LogP contribution in [-0.4, -0.2) is 10.8 Å². The zero-order valence-corrected chi connectivity index (χ0v) is 15.3. The molecule has 4 rings (SSSR count). The van der Waals surface area contributed by atoms with E-state index < -0.39 is 0 Å². The second kappa shape index (κ2) is 8.31. The molecule has 0 saturated carbocycles. The highest BCUT2D eigenvalue weighted by molar-refractivity contribution is 6.06. The Hall–Kier alpha value is -3.72. The monoisotopic (exact) mass is 365 g/mol. The summed E-state index contributed by atoms with van der Waals surface area (Å²) in [5.41, 5.74) is 3.42. The van der Waals surface area contributed by atoms with E-state index in [0.29, 0.717) is 12.2 Å². The van der Waals surface area contributed by atoms with E-state index in [1.54, 1.807) is 12.2 Å². The van der Waals surface area contributed by atoms with Crippen LogP contribution in [0.15, 0.2) is 97.1 Å². The van der Waals surface area contributed by atoms with Crippen LogP contribution < -0.4 is 4.74 Å². The number of hydrogen-bond donors (Lipinski definition) is 0. The summed E-state index contributed by atoms with van der Waals surface area (Å²) >= 11 is 0. The molecular formula is C25H19NO2. The number of rotatable bonds is 6. The summed E-state index contributed by atoms with van der Waals surface area (Å²) in [5, 5.41) is 1.11. The lowest BCUT2D eigenvalue weighted by Gasteiger charge is -2.07. The maximum Gasteiger partial charge on any atom is 0.185 e. The molecule has 28 heavy (non-hydrogen) atoms. The van der Waals surface area contributed by atoms with Gasteiger partial charge in [-0.2, -0.15) is 0 Å². The van der Waals surface area contributed by atoms with Crippen LogP contribution in [0.4, 0.5) is 0 Å². The Kier molecular flexibility index (Phi) is 5.25. The highest BCUT2D eigenvalue weighted by atomic mass is 16.5. The minimum atomic E-state index is -0.0210. The molecule has 0 aliphatic carbocycles. The largest absolute Gasteiger partial charge is 0.487 e. The summed E-state index contributed by atoms with van der Waals surface area (Å²) < 4.78 is 5.89. The van der Waals surface area contributed by atoms with Crippen LogP contribution in [0.25, 0.3) is 17.0 Å². The Morgan fingerprint density at radius 3 is 2.57 bits per heavy atom. The molecule has 0 aliphatic heterocycles. The molecule has 0 N–H and O–H groups in total. The molecule has 3 heteroatoms. The molecule has 0 unspecified atom stereocenters. The number of para-hydroxylation sites is 1. The summed E-state index contributed by atoms with van der Waals surface area (Å²) in [4.78, 5) is 16.8. The van der Waals surface area contributed by atoms with E-state index >= 15 is 0 Å². The maximum atomic E-state index is 12.2. The molecule has 0 bridgehead atoms. The van der Waals surface area contributed by atoms with Crippen molar-refractivity contribution < 1.29 is 9.53 Å². The number of hydrogen-bond acceptors (Lipinski definition) is 3. The number of nitrogens with zero attached hydrogens (tertiary/aromatic N) is 1. The Morgan fingerprint density at radius 2 is 1.68 bits per heavy atom. The van der Waals surface area contributed by atoms with Crippen LogP contribution in [-0.2, 0) is 6.61 Å². The van der Waals surface area contributed by atoms with Crippen LogP contribution in [0.2, 0.25) is 0 Å². The van der Waals surface area contributed by atoms with Gasteiger partial charge in [-0.05, 0) is 35.9 Å². The van der Waals surface area contributed by atoms with Crippen molar-refractivity contribution in [3.05, 3.63) is 114 Å². The first-order chi connectivity index (χ1) is 13.8. The predicted molar refractivity (Wildman–Crippen MR) is 112 cm³/mol. The standard InChI is InChI=1S/C25H19NO2/c27-25(21-9-2-1-3-10-21)16-13-19-7-6-11-23(17-19)28-18-22-15-14-20-8-4-5-12-24(20)26-22/h1-17H,18H2. The minimum absolute atomic E-state index is 0.0210. The molecular weight excluding hydrogens is 346 g/mol. The SMILES string of the molecule is O=C(C=Cc1cccc(OCc2ccc3ccccc3n2)c1)c1ccccc1. The van der Waals surface area contributed by atoms with Gasteiger partial charge in [-0.25, -0.2) is 4.98 Å². The van der Waals surface area contributed by atoms with Gasteiger partial charge in [0.15, 0.2) is 5.78 Å². The van der Waals surface area contributed by atoms with Gasteiger partial charge in [0.25, 0.3) is 0 Å². The van der Waals surface area contributed by atoms with Crippen molar-refractivity contribution in [3.8, 4) is 5.75 Å².